The fraction of sp³-hybridized carbons (Fsp3) is 0.250. The van der Waals surface area contributed by atoms with E-state index in [9.17, 15) is 4.39 Å². The summed E-state index contributed by atoms with van der Waals surface area (Å²) in [5.74, 6) is 0.558. The Morgan fingerprint density at radius 2 is 1.89 bits per heavy atom. The Morgan fingerprint density at radius 3 is 2.58 bits per heavy atom. The van der Waals surface area contributed by atoms with Gasteiger partial charge in [-0.2, -0.15) is 0 Å². The summed E-state index contributed by atoms with van der Waals surface area (Å²) in [4.78, 5) is 0. The number of hydrogen-bond acceptors (Lipinski definition) is 2. The highest BCUT2D eigenvalue weighted by Crippen LogP contribution is 2.29. The third-order valence-corrected chi connectivity index (χ3v) is 3.10. The molecule has 0 heterocycles. The monoisotopic (exact) mass is 259 g/mol. The topological polar surface area (TPSA) is 21.3 Å². The lowest BCUT2D eigenvalue weighted by atomic mass is 10.1. The molecular formula is C16H18FNO. The molecule has 0 aliphatic carbocycles. The van der Waals surface area contributed by atoms with E-state index in [2.05, 4.69) is 5.32 Å². The summed E-state index contributed by atoms with van der Waals surface area (Å²) in [6.07, 6.45) is 0. The molecule has 2 nitrogen and oxygen atoms in total. The van der Waals surface area contributed by atoms with E-state index in [1.807, 2.05) is 38.1 Å². The van der Waals surface area contributed by atoms with Crippen LogP contribution < -0.4 is 10.1 Å². The van der Waals surface area contributed by atoms with Crippen LogP contribution in [0, 0.1) is 12.7 Å². The Morgan fingerprint density at radius 1 is 1.16 bits per heavy atom. The largest absolute Gasteiger partial charge is 0.495 e. The number of ether oxygens (including phenoxy) is 1. The Hall–Kier alpha value is -2.03. The number of methoxy groups -OCH3 is 1. The van der Waals surface area contributed by atoms with Crippen molar-refractivity contribution >= 4 is 5.69 Å². The smallest absolute Gasteiger partial charge is 0.141 e. The second kappa shape index (κ2) is 5.74. The van der Waals surface area contributed by atoms with Gasteiger partial charge in [-0.05, 0) is 37.6 Å². The van der Waals surface area contributed by atoms with Crippen molar-refractivity contribution in [1.82, 2.24) is 0 Å². The highest BCUT2D eigenvalue weighted by molar-refractivity contribution is 5.59. The fourth-order valence-corrected chi connectivity index (χ4v) is 2.07. The molecule has 19 heavy (non-hydrogen) atoms. The minimum absolute atomic E-state index is 0.128. The molecule has 0 aliphatic rings. The van der Waals surface area contributed by atoms with Gasteiger partial charge in [0.15, 0.2) is 0 Å². The molecule has 0 fully saturated rings. The third kappa shape index (κ3) is 3.05. The predicted octanol–water partition coefficient (Wildman–Crippen LogP) is 4.32. The lowest BCUT2D eigenvalue weighted by molar-refractivity contribution is 0.416. The zero-order valence-electron chi connectivity index (χ0n) is 11.4. The molecule has 1 unspecified atom stereocenters. The van der Waals surface area contributed by atoms with Gasteiger partial charge in [0.1, 0.15) is 11.6 Å². The molecular weight excluding hydrogens is 241 g/mol. The van der Waals surface area contributed by atoms with E-state index in [-0.39, 0.29) is 11.9 Å². The minimum atomic E-state index is -0.200. The summed E-state index contributed by atoms with van der Waals surface area (Å²) in [7, 11) is 1.63. The van der Waals surface area contributed by atoms with Crippen molar-refractivity contribution in [3.05, 3.63) is 59.4 Å². The first kappa shape index (κ1) is 13.4. The first-order chi connectivity index (χ1) is 9.11. The zero-order chi connectivity index (χ0) is 13.8. The van der Waals surface area contributed by atoms with Crippen LogP contribution in [-0.2, 0) is 0 Å². The fourth-order valence-electron chi connectivity index (χ4n) is 2.07. The van der Waals surface area contributed by atoms with E-state index in [1.165, 1.54) is 6.07 Å². The van der Waals surface area contributed by atoms with Crippen molar-refractivity contribution in [2.24, 2.45) is 0 Å². The predicted molar refractivity (Wildman–Crippen MR) is 76.2 cm³/mol. The first-order valence-corrected chi connectivity index (χ1v) is 6.27. The van der Waals surface area contributed by atoms with Gasteiger partial charge in [0, 0.05) is 5.56 Å². The number of aryl methyl sites for hydroxylation is 1. The zero-order valence-corrected chi connectivity index (χ0v) is 11.4. The third-order valence-electron chi connectivity index (χ3n) is 3.10. The summed E-state index contributed by atoms with van der Waals surface area (Å²) < 4.78 is 19.0. The second-order valence-corrected chi connectivity index (χ2v) is 4.59. The van der Waals surface area contributed by atoms with Crippen LogP contribution in [0.4, 0.5) is 10.1 Å². The summed E-state index contributed by atoms with van der Waals surface area (Å²) in [6.45, 7) is 3.94. The molecule has 0 spiro atoms. The molecule has 0 saturated heterocycles. The van der Waals surface area contributed by atoms with Gasteiger partial charge in [-0.1, -0.05) is 24.3 Å². The Bertz CT molecular complexity index is 568. The number of anilines is 1. The molecule has 0 amide bonds. The van der Waals surface area contributed by atoms with Crippen LogP contribution in [0.25, 0.3) is 0 Å². The summed E-state index contributed by atoms with van der Waals surface area (Å²) >= 11 is 0. The van der Waals surface area contributed by atoms with E-state index >= 15 is 0 Å². The summed E-state index contributed by atoms with van der Waals surface area (Å²) in [5, 5.41) is 3.29. The van der Waals surface area contributed by atoms with Gasteiger partial charge in [0.05, 0.1) is 18.8 Å². The van der Waals surface area contributed by atoms with E-state index in [0.29, 0.717) is 5.56 Å². The van der Waals surface area contributed by atoms with Crippen LogP contribution in [0.2, 0.25) is 0 Å². The molecule has 0 bridgehead atoms. The van der Waals surface area contributed by atoms with Crippen molar-refractivity contribution in [3.8, 4) is 5.75 Å². The van der Waals surface area contributed by atoms with Crippen LogP contribution in [0.15, 0.2) is 42.5 Å². The molecule has 1 atom stereocenters. The molecule has 0 aromatic heterocycles. The van der Waals surface area contributed by atoms with Gasteiger partial charge in [-0.25, -0.2) is 4.39 Å². The van der Waals surface area contributed by atoms with Gasteiger partial charge in [-0.3, -0.25) is 0 Å². The van der Waals surface area contributed by atoms with Crippen molar-refractivity contribution in [2.75, 3.05) is 12.4 Å². The number of benzene rings is 2. The van der Waals surface area contributed by atoms with E-state index in [4.69, 9.17) is 4.74 Å². The van der Waals surface area contributed by atoms with Gasteiger partial charge in [0.25, 0.3) is 0 Å². The molecule has 2 aromatic rings. The highest BCUT2D eigenvalue weighted by atomic mass is 19.1. The van der Waals surface area contributed by atoms with Gasteiger partial charge in [-0.15, -0.1) is 0 Å². The Balaban J connectivity index is 2.26. The van der Waals surface area contributed by atoms with Gasteiger partial charge < -0.3 is 10.1 Å². The Labute approximate surface area is 113 Å². The SMILES string of the molecule is COc1ccc(C)cc1NC(C)c1ccccc1F. The van der Waals surface area contributed by atoms with Gasteiger partial charge >= 0.3 is 0 Å². The molecule has 2 rings (SSSR count). The quantitative estimate of drug-likeness (QED) is 0.883. The summed E-state index contributed by atoms with van der Waals surface area (Å²) in [5.41, 5.74) is 2.65. The van der Waals surface area contributed by atoms with Crippen LogP contribution >= 0.6 is 0 Å². The van der Waals surface area contributed by atoms with Crippen molar-refractivity contribution in [3.63, 3.8) is 0 Å². The normalized spacial score (nSPS) is 12.0. The van der Waals surface area contributed by atoms with Crippen LogP contribution in [-0.4, -0.2) is 7.11 Å². The van der Waals surface area contributed by atoms with Crippen molar-refractivity contribution in [2.45, 2.75) is 19.9 Å². The minimum Gasteiger partial charge on any atom is -0.495 e. The van der Waals surface area contributed by atoms with Crippen molar-refractivity contribution < 1.29 is 9.13 Å². The molecule has 0 aliphatic heterocycles. The maximum atomic E-state index is 13.7. The number of hydrogen-bond donors (Lipinski definition) is 1. The average molecular weight is 259 g/mol. The first-order valence-electron chi connectivity index (χ1n) is 6.27. The van der Waals surface area contributed by atoms with Crippen LogP contribution in [0.5, 0.6) is 5.75 Å². The maximum Gasteiger partial charge on any atom is 0.141 e. The standard InChI is InChI=1S/C16H18FNO/c1-11-8-9-16(19-3)15(10-11)18-12(2)13-6-4-5-7-14(13)17/h4-10,12,18H,1-3H3. The molecule has 100 valence electrons. The molecule has 0 saturated carbocycles. The number of rotatable bonds is 4. The molecule has 3 heteroatoms. The van der Waals surface area contributed by atoms with E-state index < -0.39 is 0 Å². The van der Waals surface area contributed by atoms with Crippen LogP contribution in [0.3, 0.4) is 0 Å². The van der Waals surface area contributed by atoms with Crippen molar-refractivity contribution in [1.29, 1.82) is 0 Å². The number of nitrogens with one attached hydrogen (secondary N) is 1. The van der Waals surface area contributed by atoms with E-state index in [0.717, 1.165) is 17.0 Å². The molecule has 0 radical (unpaired) electrons. The van der Waals surface area contributed by atoms with Crippen LogP contribution in [0.1, 0.15) is 24.1 Å². The number of halogens is 1. The molecule has 1 N–H and O–H groups in total. The Kier molecular flexibility index (Phi) is 4.05. The lowest BCUT2D eigenvalue weighted by Crippen LogP contribution is -2.09. The lowest BCUT2D eigenvalue weighted by Gasteiger charge is -2.18. The average Bonchev–Trinajstić information content (AvgIpc) is 2.39. The maximum absolute atomic E-state index is 13.7. The second-order valence-electron chi connectivity index (χ2n) is 4.59. The van der Waals surface area contributed by atoms with Gasteiger partial charge in [0.2, 0.25) is 0 Å². The summed E-state index contributed by atoms with van der Waals surface area (Å²) in [6, 6.07) is 12.6. The highest BCUT2D eigenvalue weighted by Gasteiger charge is 2.12. The van der Waals surface area contributed by atoms with E-state index in [1.54, 1.807) is 19.2 Å². The molecule has 2 aromatic carbocycles.